The monoisotopic (exact) mass is 417 g/mol. The molecule has 0 radical (unpaired) electrons. The van der Waals surface area contributed by atoms with Crippen LogP contribution < -0.4 is 0 Å². The second-order valence-corrected chi connectivity index (χ2v) is 10.7. The molecule has 0 aromatic heterocycles. The van der Waals surface area contributed by atoms with Crippen LogP contribution in [0.25, 0.3) is 0 Å². The minimum atomic E-state index is -0.273. The highest BCUT2D eigenvalue weighted by Gasteiger charge is 2.60. The molecule has 3 fully saturated rings. The molecule has 162 valence electrons. The lowest BCUT2D eigenvalue weighted by Crippen LogP contribution is -2.51. The van der Waals surface area contributed by atoms with Gasteiger partial charge >= 0.3 is 5.97 Å². The Balaban J connectivity index is 1.34. The number of hydrogen-bond acceptors (Lipinski definition) is 4. The van der Waals surface area contributed by atoms with Crippen molar-refractivity contribution in [1.29, 1.82) is 5.26 Å². The van der Waals surface area contributed by atoms with Crippen LogP contribution in [0, 0.1) is 39.9 Å². The Morgan fingerprint density at radius 2 is 1.81 bits per heavy atom. The zero-order valence-electron chi connectivity index (χ0n) is 18.5. The number of benzene rings is 1. The van der Waals surface area contributed by atoms with E-state index in [2.05, 4.69) is 19.9 Å². The van der Waals surface area contributed by atoms with E-state index >= 15 is 0 Å². The predicted molar refractivity (Wildman–Crippen MR) is 117 cm³/mol. The standard InChI is InChI=1S/C27H31NO3/c1-26-13-11-20(29)15-19(26)7-8-21-22-9-10-24(27(22,2)14-12-23(21)26)31-25(30)18-5-3-17(16-28)4-6-18/h3-6,15,21-24H,7-14H2,1-2H3/t21-,22-,23+,24?,26-,27-/m0/s1. The molecule has 0 spiro atoms. The number of rotatable bonds is 2. The first-order valence-corrected chi connectivity index (χ1v) is 11.8. The molecular formula is C27H31NO3. The summed E-state index contributed by atoms with van der Waals surface area (Å²) >= 11 is 0. The quantitative estimate of drug-likeness (QED) is 0.586. The van der Waals surface area contributed by atoms with Gasteiger partial charge in [-0.1, -0.05) is 19.4 Å². The van der Waals surface area contributed by atoms with Crippen LogP contribution in [0.1, 0.15) is 81.1 Å². The maximum atomic E-state index is 12.8. The van der Waals surface area contributed by atoms with E-state index in [1.54, 1.807) is 24.3 Å². The number of allylic oxidation sites excluding steroid dienone is 1. The highest BCUT2D eigenvalue weighted by atomic mass is 16.5. The average molecular weight is 418 g/mol. The minimum absolute atomic E-state index is 0.0332. The Labute approximate surface area is 184 Å². The van der Waals surface area contributed by atoms with Crippen molar-refractivity contribution in [3.05, 3.63) is 47.0 Å². The highest BCUT2D eigenvalue weighted by Crippen LogP contribution is 2.65. The van der Waals surface area contributed by atoms with Crippen LogP contribution in [0.4, 0.5) is 0 Å². The maximum absolute atomic E-state index is 12.8. The van der Waals surface area contributed by atoms with Crippen LogP contribution in [0.5, 0.6) is 0 Å². The zero-order valence-corrected chi connectivity index (χ0v) is 18.5. The van der Waals surface area contributed by atoms with Crippen molar-refractivity contribution in [2.45, 2.75) is 71.3 Å². The molecule has 3 saturated carbocycles. The molecular weight excluding hydrogens is 386 g/mol. The van der Waals surface area contributed by atoms with E-state index in [1.807, 2.05) is 6.08 Å². The smallest absolute Gasteiger partial charge is 0.338 e. The first kappa shape index (κ1) is 20.5. The van der Waals surface area contributed by atoms with Gasteiger partial charge in [-0.2, -0.15) is 5.26 Å². The van der Waals surface area contributed by atoms with Crippen molar-refractivity contribution in [2.24, 2.45) is 28.6 Å². The molecule has 4 heteroatoms. The van der Waals surface area contributed by atoms with Gasteiger partial charge in [-0.15, -0.1) is 0 Å². The van der Waals surface area contributed by atoms with E-state index in [1.165, 1.54) is 5.57 Å². The van der Waals surface area contributed by atoms with Gasteiger partial charge in [0, 0.05) is 11.8 Å². The van der Waals surface area contributed by atoms with Gasteiger partial charge in [-0.05, 0) is 98.5 Å². The van der Waals surface area contributed by atoms with Gasteiger partial charge in [0.15, 0.2) is 5.78 Å². The summed E-state index contributed by atoms with van der Waals surface area (Å²) in [5.41, 5.74) is 2.68. The fourth-order valence-corrected chi connectivity index (χ4v) is 7.58. The van der Waals surface area contributed by atoms with Crippen molar-refractivity contribution in [1.82, 2.24) is 0 Å². The number of ether oxygens (including phenoxy) is 1. The van der Waals surface area contributed by atoms with Crippen LogP contribution in [0.3, 0.4) is 0 Å². The van der Waals surface area contributed by atoms with Gasteiger partial charge in [0.2, 0.25) is 0 Å². The molecule has 1 unspecified atom stereocenters. The zero-order chi connectivity index (χ0) is 21.8. The van der Waals surface area contributed by atoms with Gasteiger partial charge in [0.05, 0.1) is 17.2 Å². The number of carbonyl (C=O) groups is 2. The van der Waals surface area contributed by atoms with E-state index in [9.17, 15) is 9.59 Å². The predicted octanol–water partition coefficient (Wildman–Crippen LogP) is 5.62. The summed E-state index contributed by atoms with van der Waals surface area (Å²) in [4.78, 5) is 24.8. The molecule has 1 aromatic carbocycles. The SMILES string of the molecule is C[C@]12CCC(=O)C=C1CC[C@@H]1[C@H]2CC[C@]2(C)C(OC(=O)c3ccc(C#N)cc3)CC[C@@H]12. The maximum Gasteiger partial charge on any atom is 0.338 e. The molecule has 31 heavy (non-hydrogen) atoms. The van der Waals surface area contributed by atoms with Gasteiger partial charge in [0.25, 0.3) is 0 Å². The van der Waals surface area contributed by atoms with Crippen LogP contribution in [-0.4, -0.2) is 17.9 Å². The Kier molecular flexibility index (Phi) is 4.84. The van der Waals surface area contributed by atoms with Crippen LogP contribution in [0.2, 0.25) is 0 Å². The van der Waals surface area contributed by atoms with Gasteiger partial charge in [-0.25, -0.2) is 4.79 Å². The molecule has 0 bridgehead atoms. The highest BCUT2D eigenvalue weighted by molar-refractivity contribution is 5.91. The molecule has 5 rings (SSSR count). The van der Waals surface area contributed by atoms with Gasteiger partial charge in [0.1, 0.15) is 6.10 Å². The first-order chi connectivity index (χ1) is 14.8. The second kappa shape index (κ2) is 7.33. The third kappa shape index (κ3) is 3.16. The van der Waals surface area contributed by atoms with Crippen LogP contribution >= 0.6 is 0 Å². The van der Waals surface area contributed by atoms with E-state index in [4.69, 9.17) is 10.00 Å². The summed E-state index contributed by atoms with van der Waals surface area (Å²) in [6.45, 7) is 4.75. The molecule has 4 aliphatic carbocycles. The number of nitriles is 1. The minimum Gasteiger partial charge on any atom is -0.458 e. The normalized spacial score (nSPS) is 38.9. The lowest BCUT2D eigenvalue weighted by atomic mass is 9.47. The van der Waals surface area contributed by atoms with E-state index in [0.29, 0.717) is 41.1 Å². The lowest BCUT2D eigenvalue weighted by molar-refractivity contribution is -0.118. The molecule has 0 aliphatic heterocycles. The molecule has 0 heterocycles. The second-order valence-electron chi connectivity index (χ2n) is 10.7. The molecule has 4 aliphatic rings. The fourth-order valence-electron chi connectivity index (χ4n) is 7.58. The largest absolute Gasteiger partial charge is 0.458 e. The number of carbonyl (C=O) groups excluding carboxylic acids is 2. The first-order valence-electron chi connectivity index (χ1n) is 11.8. The Bertz CT molecular complexity index is 987. The number of nitrogens with zero attached hydrogens (tertiary/aromatic N) is 1. The van der Waals surface area contributed by atoms with Crippen LogP contribution in [0.15, 0.2) is 35.9 Å². The van der Waals surface area contributed by atoms with E-state index in [0.717, 1.165) is 44.9 Å². The average Bonchev–Trinajstić information content (AvgIpc) is 3.10. The summed E-state index contributed by atoms with van der Waals surface area (Å²) in [6.07, 6.45) is 10.1. The van der Waals surface area contributed by atoms with Crippen molar-refractivity contribution in [3.8, 4) is 6.07 Å². The van der Waals surface area contributed by atoms with Gasteiger partial charge in [-0.3, -0.25) is 4.79 Å². The third-order valence-corrected chi connectivity index (χ3v) is 9.37. The molecule has 0 amide bonds. The summed E-state index contributed by atoms with van der Waals surface area (Å²) in [5.74, 6) is 1.92. The van der Waals surface area contributed by atoms with Crippen molar-refractivity contribution < 1.29 is 14.3 Å². The Hall–Kier alpha value is -2.41. The van der Waals surface area contributed by atoms with Gasteiger partial charge < -0.3 is 4.74 Å². The van der Waals surface area contributed by atoms with Crippen molar-refractivity contribution >= 4 is 11.8 Å². The number of hydrogen-bond donors (Lipinski definition) is 0. The molecule has 0 saturated heterocycles. The van der Waals surface area contributed by atoms with E-state index < -0.39 is 0 Å². The van der Waals surface area contributed by atoms with E-state index in [-0.39, 0.29) is 22.9 Å². The molecule has 6 atom stereocenters. The summed E-state index contributed by atoms with van der Waals surface area (Å²) in [5, 5.41) is 8.97. The lowest BCUT2D eigenvalue weighted by Gasteiger charge is -2.57. The Morgan fingerprint density at radius 3 is 2.55 bits per heavy atom. The summed E-state index contributed by atoms with van der Waals surface area (Å²) in [6, 6.07) is 8.80. The number of esters is 1. The number of ketones is 1. The molecule has 0 N–H and O–H groups in total. The fraction of sp³-hybridized carbons (Fsp3) is 0.593. The summed E-state index contributed by atoms with van der Waals surface area (Å²) < 4.78 is 6.09. The Morgan fingerprint density at radius 1 is 1.03 bits per heavy atom. The molecule has 1 aromatic rings. The summed E-state index contributed by atoms with van der Waals surface area (Å²) in [7, 11) is 0. The number of fused-ring (bicyclic) bond motifs is 5. The molecule has 4 nitrogen and oxygen atoms in total. The van der Waals surface area contributed by atoms with Crippen molar-refractivity contribution in [3.63, 3.8) is 0 Å². The van der Waals surface area contributed by atoms with Crippen LogP contribution in [-0.2, 0) is 9.53 Å². The topological polar surface area (TPSA) is 67.2 Å². The third-order valence-electron chi connectivity index (χ3n) is 9.37. The van der Waals surface area contributed by atoms with Crippen molar-refractivity contribution in [2.75, 3.05) is 0 Å².